The van der Waals surface area contributed by atoms with E-state index in [1.165, 1.54) is 19.3 Å². The van der Waals surface area contributed by atoms with Crippen molar-refractivity contribution in [3.05, 3.63) is 0 Å². The second-order valence-electron chi connectivity index (χ2n) is 5.12. The second kappa shape index (κ2) is 6.97. The molecule has 1 saturated carbocycles. The third-order valence-electron chi connectivity index (χ3n) is 3.37. The van der Waals surface area contributed by atoms with Crippen LogP contribution in [0.3, 0.4) is 0 Å². The molecule has 0 bridgehead atoms. The van der Waals surface area contributed by atoms with Crippen LogP contribution >= 0.6 is 0 Å². The average Bonchev–Trinajstić information content (AvgIpc) is 3.07. The number of hydrogen-bond donors (Lipinski definition) is 2. The van der Waals surface area contributed by atoms with Gasteiger partial charge >= 0.3 is 5.97 Å². The van der Waals surface area contributed by atoms with Crippen molar-refractivity contribution in [1.29, 1.82) is 0 Å². The standard InChI is InChI=1S/C13H25NO3/c1-3-14-13(2,12(15)16)8-4-9-17-10-7-11-5-6-11/h11,14H,3-10H2,1-2H3,(H,15,16). The lowest BCUT2D eigenvalue weighted by atomic mass is 9.96. The van der Waals surface area contributed by atoms with Crippen LogP contribution in [-0.4, -0.2) is 36.4 Å². The lowest BCUT2D eigenvalue weighted by Gasteiger charge is -2.25. The lowest BCUT2D eigenvalue weighted by molar-refractivity contribution is -0.144. The Morgan fingerprint density at radius 3 is 2.71 bits per heavy atom. The molecule has 0 spiro atoms. The minimum atomic E-state index is -0.811. The second-order valence-corrected chi connectivity index (χ2v) is 5.12. The molecule has 1 unspecified atom stereocenters. The molecule has 1 rings (SSSR count). The molecule has 0 aromatic carbocycles. The molecule has 100 valence electrons. The topological polar surface area (TPSA) is 58.6 Å². The summed E-state index contributed by atoms with van der Waals surface area (Å²) in [4.78, 5) is 11.1. The summed E-state index contributed by atoms with van der Waals surface area (Å²) in [5, 5.41) is 12.2. The van der Waals surface area contributed by atoms with Gasteiger partial charge in [0.2, 0.25) is 0 Å². The molecule has 1 aliphatic rings. The maximum atomic E-state index is 11.1. The first kappa shape index (κ1) is 14.5. The molecule has 0 amide bonds. The first-order chi connectivity index (χ1) is 8.08. The van der Waals surface area contributed by atoms with Crippen molar-refractivity contribution in [2.75, 3.05) is 19.8 Å². The van der Waals surface area contributed by atoms with Crippen molar-refractivity contribution < 1.29 is 14.6 Å². The first-order valence-electron chi connectivity index (χ1n) is 6.64. The Bertz CT molecular complexity index is 241. The summed E-state index contributed by atoms with van der Waals surface area (Å²) in [6.07, 6.45) is 5.30. The summed E-state index contributed by atoms with van der Waals surface area (Å²) in [7, 11) is 0. The van der Waals surface area contributed by atoms with Crippen molar-refractivity contribution in [2.45, 2.75) is 51.5 Å². The molecule has 2 N–H and O–H groups in total. The van der Waals surface area contributed by atoms with E-state index < -0.39 is 11.5 Å². The SMILES string of the molecule is CCNC(C)(CCCOCCC1CC1)C(=O)O. The number of carbonyl (C=O) groups is 1. The molecule has 17 heavy (non-hydrogen) atoms. The van der Waals surface area contributed by atoms with E-state index in [0.717, 1.165) is 18.9 Å². The molecule has 1 aliphatic carbocycles. The van der Waals surface area contributed by atoms with Crippen LogP contribution in [0.5, 0.6) is 0 Å². The smallest absolute Gasteiger partial charge is 0.323 e. The minimum absolute atomic E-state index is 0.611. The Labute approximate surface area is 104 Å². The lowest BCUT2D eigenvalue weighted by Crippen LogP contribution is -2.49. The Morgan fingerprint density at radius 2 is 2.18 bits per heavy atom. The van der Waals surface area contributed by atoms with Crippen LogP contribution in [0.2, 0.25) is 0 Å². The number of likely N-dealkylation sites (N-methyl/N-ethyl adjacent to an activating group) is 1. The quantitative estimate of drug-likeness (QED) is 0.576. The van der Waals surface area contributed by atoms with Crippen molar-refractivity contribution in [3.8, 4) is 0 Å². The van der Waals surface area contributed by atoms with Gasteiger partial charge in [0.1, 0.15) is 5.54 Å². The van der Waals surface area contributed by atoms with Gasteiger partial charge in [-0.2, -0.15) is 0 Å². The molecule has 4 heteroatoms. The maximum absolute atomic E-state index is 11.1. The van der Waals surface area contributed by atoms with E-state index in [2.05, 4.69) is 5.32 Å². The molecule has 0 saturated heterocycles. The summed E-state index contributed by atoms with van der Waals surface area (Å²) < 4.78 is 5.52. The highest BCUT2D eigenvalue weighted by atomic mass is 16.5. The summed E-state index contributed by atoms with van der Waals surface area (Å²) in [6, 6.07) is 0. The van der Waals surface area contributed by atoms with Crippen LogP contribution in [0.1, 0.15) is 46.0 Å². The predicted octanol–water partition coefficient (Wildman–Crippen LogP) is 2.04. The van der Waals surface area contributed by atoms with Gasteiger partial charge in [-0.1, -0.05) is 19.8 Å². The van der Waals surface area contributed by atoms with Crippen molar-refractivity contribution in [2.24, 2.45) is 5.92 Å². The third kappa shape index (κ3) is 5.50. The molecule has 0 aromatic rings. The fraction of sp³-hybridized carbons (Fsp3) is 0.923. The van der Waals surface area contributed by atoms with Gasteiger partial charge in [0, 0.05) is 13.2 Å². The van der Waals surface area contributed by atoms with Gasteiger partial charge in [-0.25, -0.2) is 0 Å². The fourth-order valence-electron chi connectivity index (χ4n) is 1.95. The van der Waals surface area contributed by atoms with Gasteiger partial charge in [-0.15, -0.1) is 0 Å². The van der Waals surface area contributed by atoms with Gasteiger partial charge in [0.05, 0.1) is 0 Å². The van der Waals surface area contributed by atoms with Crippen LogP contribution in [0.25, 0.3) is 0 Å². The molecular weight excluding hydrogens is 218 g/mol. The van der Waals surface area contributed by atoms with Crippen LogP contribution in [-0.2, 0) is 9.53 Å². The number of carboxylic acid groups (broad SMARTS) is 1. The molecule has 1 fully saturated rings. The maximum Gasteiger partial charge on any atom is 0.323 e. The highest BCUT2D eigenvalue weighted by Crippen LogP contribution is 2.32. The van der Waals surface area contributed by atoms with E-state index >= 15 is 0 Å². The third-order valence-corrected chi connectivity index (χ3v) is 3.37. The fourth-order valence-corrected chi connectivity index (χ4v) is 1.95. The largest absolute Gasteiger partial charge is 0.480 e. The Kier molecular flexibility index (Phi) is 5.92. The van der Waals surface area contributed by atoms with Crippen molar-refractivity contribution >= 4 is 5.97 Å². The van der Waals surface area contributed by atoms with Crippen LogP contribution in [0, 0.1) is 5.92 Å². The Morgan fingerprint density at radius 1 is 1.47 bits per heavy atom. The van der Waals surface area contributed by atoms with Gasteiger partial charge in [-0.3, -0.25) is 4.79 Å². The van der Waals surface area contributed by atoms with Crippen molar-refractivity contribution in [1.82, 2.24) is 5.32 Å². The van der Waals surface area contributed by atoms with Gasteiger partial charge < -0.3 is 15.2 Å². The van der Waals surface area contributed by atoms with E-state index in [-0.39, 0.29) is 0 Å². The van der Waals surface area contributed by atoms with E-state index in [1.54, 1.807) is 6.92 Å². The van der Waals surface area contributed by atoms with Gasteiger partial charge in [-0.05, 0) is 38.6 Å². The van der Waals surface area contributed by atoms with E-state index in [1.807, 2.05) is 6.92 Å². The number of rotatable bonds is 10. The highest BCUT2D eigenvalue weighted by molar-refractivity contribution is 5.78. The number of aliphatic carboxylic acids is 1. The Hall–Kier alpha value is -0.610. The molecule has 0 radical (unpaired) electrons. The number of ether oxygens (including phenoxy) is 1. The van der Waals surface area contributed by atoms with E-state index in [4.69, 9.17) is 9.84 Å². The summed E-state index contributed by atoms with van der Waals surface area (Å²) in [6.45, 7) is 5.83. The van der Waals surface area contributed by atoms with Crippen LogP contribution < -0.4 is 5.32 Å². The number of hydrogen-bond acceptors (Lipinski definition) is 3. The Balaban J connectivity index is 2.06. The summed E-state index contributed by atoms with van der Waals surface area (Å²) in [5.74, 6) is 0.123. The predicted molar refractivity (Wildman–Crippen MR) is 67.1 cm³/mol. The number of nitrogens with one attached hydrogen (secondary N) is 1. The number of carboxylic acids is 1. The molecule has 0 heterocycles. The highest BCUT2D eigenvalue weighted by Gasteiger charge is 2.31. The zero-order valence-corrected chi connectivity index (χ0v) is 11.0. The minimum Gasteiger partial charge on any atom is -0.480 e. The molecule has 4 nitrogen and oxygen atoms in total. The van der Waals surface area contributed by atoms with Crippen LogP contribution in [0.4, 0.5) is 0 Å². The van der Waals surface area contributed by atoms with Crippen molar-refractivity contribution in [3.63, 3.8) is 0 Å². The molecule has 0 aliphatic heterocycles. The monoisotopic (exact) mass is 243 g/mol. The molecule has 1 atom stereocenters. The van der Waals surface area contributed by atoms with Crippen LogP contribution in [0.15, 0.2) is 0 Å². The summed E-state index contributed by atoms with van der Waals surface area (Å²) >= 11 is 0. The van der Waals surface area contributed by atoms with Gasteiger partial charge in [0.25, 0.3) is 0 Å². The van der Waals surface area contributed by atoms with E-state index in [0.29, 0.717) is 19.6 Å². The zero-order chi connectivity index (χ0) is 12.7. The molecular formula is C13H25NO3. The first-order valence-corrected chi connectivity index (χ1v) is 6.64. The van der Waals surface area contributed by atoms with E-state index in [9.17, 15) is 4.79 Å². The normalized spacial score (nSPS) is 18.9. The average molecular weight is 243 g/mol. The molecule has 0 aromatic heterocycles. The summed E-state index contributed by atoms with van der Waals surface area (Å²) in [5.41, 5.74) is -0.811. The zero-order valence-electron chi connectivity index (χ0n) is 11.0. The van der Waals surface area contributed by atoms with Gasteiger partial charge in [0.15, 0.2) is 0 Å².